The Morgan fingerprint density at radius 3 is 1.94 bits per heavy atom. The van der Waals surface area contributed by atoms with E-state index in [0.717, 1.165) is 6.42 Å². The number of rotatable bonds is 4. The van der Waals surface area contributed by atoms with Crippen LogP contribution in [0.1, 0.15) is 54.3 Å². The maximum absolute atomic E-state index is 2.54. The first-order valence-corrected chi connectivity index (χ1v) is 11.5. The first-order valence-electron chi connectivity index (χ1n) is 11.5. The standard InChI is InChI=1S/C30H35N2/c1-21-17-23(3)28(24(4)18-21)31-20-26(19-25-14-9-8-10-15-25)32(30(5,6)7)29(31)27-16-12-11-13-22(27)2/h8-18,20H,19H2,1-7H3/q+1. The molecule has 0 N–H and O–H groups in total. The molecule has 3 aromatic carbocycles. The molecule has 0 aliphatic carbocycles. The molecule has 0 saturated heterocycles. The minimum atomic E-state index is -0.0700. The molecule has 2 nitrogen and oxygen atoms in total. The molecule has 4 aromatic rings. The third-order valence-corrected chi connectivity index (χ3v) is 6.17. The Labute approximate surface area is 193 Å². The third kappa shape index (κ3) is 4.14. The highest BCUT2D eigenvalue weighted by molar-refractivity contribution is 5.60. The molecule has 1 aromatic heterocycles. The number of aryl methyl sites for hydroxylation is 4. The van der Waals surface area contributed by atoms with E-state index in [-0.39, 0.29) is 5.54 Å². The van der Waals surface area contributed by atoms with Crippen LogP contribution in [0.5, 0.6) is 0 Å². The Balaban J connectivity index is 2.09. The summed E-state index contributed by atoms with van der Waals surface area (Å²) in [5, 5.41) is 0. The van der Waals surface area contributed by atoms with Crippen LogP contribution in [0.2, 0.25) is 0 Å². The minimum Gasteiger partial charge on any atom is -0.222 e. The number of aromatic nitrogens is 2. The van der Waals surface area contributed by atoms with E-state index in [1.165, 1.54) is 50.6 Å². The molecule has 0 unspecified atom stereocenters. The molecule has 0 aliphatic rings. The summed E-state index contributed by atoms with van der Waals surface area (Å²) in [5.41, 5.74) is 10.4. The topological polar surface area (TPSA) is 8.81 Å². The van der Waals surface area contributed by atoms with Gasteiger partial charge in [0.15, 0.2) is 0 Å². The van der Waals surface area contributed by atoms with Gasteiger partial charge in [0.1, 0.15) is 23.1 Å². The lowest BCUT2D eigenvalue weighted by molar-refractivity contribution is -0.584. The van der Waals surface area contributed by atoms with Crippen molar-refractivity contribution in [3.05, 3.63) is 106 Å². The van der Waals surface area contributed by atoms with Crippen molar-refractivity contribution >= 4 is 0 Å². The molecule has 0 bridgehead atoms. The second-order valence-electron chi connectivity index (χ2n) is 10.0. The van der Waals surface area contributed by atoms with Crippen LogP contribution in [0.25, 0.3) is 17.1 Å². The molecule has 0 radical (unpaired) electrons. The van der Waals surface area contributed by atoms with Crippen LogP contribution in [0.4, 0.5) is 0 Å². The van der Waals surface area contributed by atoms with Gasteiger partial charge in [-0.15, -0.1) is 0 Å². The number of nitrogens with zero attached hydrogens (tertiary/aromatic N) is 2. The van der Waals surface area contributed by atoms with Crippen molar-refractivity contribution in [3.63, 3.8) is 0 Å². The van der Waals surface area contributed by atoms with Crippen molar-refractivity contribution in [3.8, 4) is 17.1 Å². The van der Waals surface area contributed by atoms with Gasteiger partial charge in [-0.05, 0) is 76.8 Å². The van der Waals surface area contributed by atoms with E-state index in [9.17, 15) is 0 Å². The highest BCUT2D eigenvalue weighted by Crippen LogP contribution is 2.31. The molecule has 0 amide bonds. The van der Waals surface area contributed by atoms with Crippen molar-refractivity contribution in [1.29, 1.82) is 0 Å². The molecule has 0 fully saturated rings. The van der Waals surface area contributed by atoms with E-state index >= 15 is 0 Å². The highest BCUT2D eigenvalue weighted by atomic mass is 15.2. The van der Waals surface area contributed by atoms with Gasteiger partial charge in [0.05, 0.1) is 5.56 Å². The van der Waals surface area contributed by atoms with Crippen LogP contribution < -0.4 is 4.57 Å². The fourth-order valence-electron chi connectivity index (χ4n) is 4.99. The van der Waals surface area contributed by atoms with Crippen molar-refractivity contribution in [2.45, 2.75) is 60.4 Å². The molecule has 2 heteroatoms. The van der Waals surface area contributed by atoms with Crippen LogP contribution in [0.3, 0.4) is 0 Å². The summed E-state index contributed by atoms with van der Waals surface area (Å²) in [5.74, 6) is 1.25. The van der Waals surface area contributed by atoms with E-state index in [1.807, 2.05) is 0 Å². The van der Waals surface area contributed by atoms with E-state index in [4.69, 9.17) is 0 Å². The monoisotopic (exact) mass is 423 g/mol. The van der Waals surface area contributed by atoms with Crippen LogP contribution in [-0.4, -0.2) is 4.57 Å². The van der Waals surface area contributed by atoms with Crippen molar-refractivity contribution in [1.82, 2.24) is 4.57 Å². The SMILES string of the molecule is Cc1cc(C)c(-[n+]2cc(Cc3ccccc3)n(C(C)(C)C)c2-c2ccccc2C)c(C)c1. The number of benzene rings is 3. The van der Waals surface area contributed by atoms with Gasteiger partial charge in [-0.1, -0.05) is 66.2 Å². The van der Waals surface area contributed by atoms with E-state index in [2.05, 4.69) is 131 Å². The summed E-state index contributed by atoms with van der Waals surface area (Å²) in [4.78, 5) is 0. The van der Waals surface area contributed by atoms with Gasteiger partial charge in [-0.25, -0.2) is 4.57 Å². The lowest BCUT2D eigenvalue weighted by atomic mass is 10.0. The number of hydrogen-bond acceptors (Lipinski definition) is 0. The molecule has 0 aliphatic heterocycles. The Bertz CT molecular complexity index is 1230. The molecule has 32 heavy (non-hydrogen) atoms. The Morgan fingerprint density at radius 2 is 1.34 bits per heavy atom. The van der Waals surface area contributed by atoms with Crippen LogP contribution in [0.15, 0.2) is 72.9 Å². The van der Waals surface area contributed by atoms with Gasteiger partial charge < -0.3 is 0 Å². The van der Waals surface area contributed by atoms with Crippen LogP contribution in [0, 0.1) is 27.7 Å². The lowest BCUT2D eigenvalue weighted by Crippen LogP contribution is -2.36. The van der Waals surface area contributed by atoms with Gasteiger partial charge in [0.2, 0.25) is 0 Å². The predicted octanol–water partition coefficient (Wildman–Crippen LogP) is 7.01. The zero-order valence-electron chi connectivity index (χ0n) is 20.5. The second-order valence-corrected chi connectivity index (χ2v) is 10.0. The summed E-state index contributed by atoms with van der Waals surface area (Å²) in [6, 6.07) is 24.1. The second kappa shape index (κ2) is 8.43. The van der Waals surface area contributed by atoms with Crippen molar-refractivity contribution in [2.75, 3.05) is 0 Å². The Hall–Kier alpha value is -3.13. The van der Waals surface area contributed by atoms with Gasteiger partial charge in [-0.2, -0.15) is 4.57 Å². The molecular formula is C30H35N2+. The normalized spacial score (nSPS) is 11.7. The molecule has 0 atom stereocenters. The predicted molar refractivity (Wildman–Crippen MR) is 135 cm³/mol. The summed E-state index contributed by atoms with van der Waals surface area (Å²) >= 11 is 0. The Kier molecular flexibility index (Phi) is 5.81. The van der Waals surface area contributed by atoms with Gasteiger partial charge >= 0.3 is 0 Å². The van der Waals surface area contributed by atoms with Gasteiger partial charge in [-0.3, -0.25) is 0 Å². The summed E-state index contributed by atoms with van der Waals surface area (Å²) in [6.45, 7) is 15.8. The third-order valence-electron chi connectivity index (χ3n) is 6.17. The minimum absolute atomic E-state index is 0.0700. The summed E-state index contributed by atoms with van der Waals surface area (Å²) in [7, 11) is 0. The summed E-state index contributed by atoms with van der Waals surface area (Å²) < 4.78 is 4.98. The smallest absolute Gasteiger partial charge is 0.222 e. The largest absolute Gasteiger partial charge is 0.294 e. The highest BCUT2D eigenvalue weighted by Gasteiger charge is 2.35. The molecule has 0 saturated carbocycles. The number of imidazole rings is 1. The first kappa shape index (κ1) is 22.1. The fraction of sp³-hybridized carbons (Fsp3) is 0.300. The zero-order valence-corrected chi connectivity index (χ0v) is 20.5. The van der Waals surface area contributed by atoms with E-state index in [1.54, 1.807) is 0 Å². The average molecular weight is 424 g/mol. The van der Waals surface area contributed by atoms with Gasteiger partial charge in [0.25, 0.3) is 5.82 Å². The van der Waals surface area contributed by atoms with Crippen LogP contribution in [-0.2, 0) is 12.0 Å². The lowest BCUT2D eigenvalue weighted by Gasteiger charge is -2.21. The van der Waals surface area contributed by atoms with Gasteiger partial charge in [0, 0.05) is 6.42 Å². The van der Waals surface area contributed by atoms with Crippen molar-refractivity contribution < 1.29 is 4.57 Å². The van der Waals surface area contributed by atoms with Crippen molar-refractivity contribution in [2.24, 2.45) is 0 Å². The first-order chi connectivity index (χ1) is 15.2. The fourth-order valence-corrected chi connectivity index (χ4v) is 4.99. The van der Waals surface area contributed by atoms with E-state index in [0.29, 0.717) is 0 Å². The molecule has 0 spiro atoms. The molecule has 164 valence electrons. The zero-order chi connectivity index (χ0) is 23.0. The quantitative estimate of drug-likeness (QED) is 0.312. The number of hydrogen-bond donors (Lipinski definition) is 0. The Morgan fingerprint density at radius 1 is 0.750 bits per heavy atom. The molecule has 4 rings (SSSR count). The summed E-state index contributed by atoms with van der Waals surface area (Å²) in [6.07, 6.45) is 3.26. The van der Waals surface area contributed by atoms with Crippen LogP contribution >= 0.6 is 0 Å². The molecular weight excluding hydrogens is 388 g/mol. The van der Waals surface area contributed by atoms with E-state index < -0.39 is 0 Å². The maximum Gasteiger partial charge on any atom is 0.294 e. The maximum atomic E-state index is 2.54. The average Bonchev–Trinajstić information content (AvgIpc) is 3.07. The molecule has 1 heterocycles.